The lowest BCUT2D eigenvalue weighted by molar-refractivity contribution is -0.119. The number of hydrogen-bond acceptors (Lipinski definition) is 2. The van der Waals surface area contributed by atoms with E-state index in [1.807, 2.05) is 0 Å². The van der Waals surface area contributed by atoms with E-state index in [9.17, 15) is 4.79 Å². The predicted molar refractivity (Wildman–Crippen MR) is 37.4 cm³/mol. The van der Waals surface area contributed by atoms with Crippen LogP contribution in [0.25, 0.3) is 0 Å². The van der Waals surface area contributed by atoms with Crippen LogP contribution in [0.15, 0.2) is 0 Å². The summed E-state index contributed by atoms with van der Waals surface area (Å²) in [4.78, 5) is 10.4. The SMILES string of the molecule is CC(=O)NCC1CC(O)C1. The molecule has 0 heterocycles. The van der Waals surface area contributed by atoms with E-state index in [-0.39, 0.29) is 12.0 Å². The van der Waals surface area contributed by atoms with E-state index in [0.717, 1.165) is 19.4 Å². The molecule has 0 aromatic carbocycles. The second-order valence-electron chi connectivity index (χ2n) is 2.93. The Morgan fingerprint density at radius 2 is 2.30 bits per heavy atom. The van der Waals surface area contributed by atoms with Gasteiger partial charge in [0.2, 0.25) is 5.91 Å². The van der Waals surface area contributed by atoms with Crippen molar-refractivity contribution >= 4 is 5.91 Å². The van der Waals surface area contributed by atoms with Crippen molar-refractivity contribution in [2.24, 2.45) is 5.92 Å². The fraction of sp³-hybridized carbons (Fsp3) is 0.857. The van der Waals surface area contributed by atoms with Gasteiger partial charge in [-0.05, 0) is 18.8 Å². The van der Waals surface area contributed by atoms with E-state index >= 15 is 0 Å². The minimum absolute atomic E-state index is 0.0152. The summed E-state index contributed by atoms with van der Waals surface area (Å²) in [6.45, 7) is 2.24. The van der Waals surface area contributed by atoms with Crippen molar-refractivity contribution in [2.45, 2.75) is 25.9 Å². The van der Waals surface area contributed by atoms with Gasteiger partial charge in [0.1, 0.15) is 0 Å². The first-order chi connectivity index (χ1) is 4.68. The van der Waals surface area contributed by atoms with Gasteiger partial charge in [0.15, 0.2) is 0 Å². The third kappa shape index (κ3) is 1.99. The Kier molecular flexibility index (Phi) is 2.27. The zero-order valence-electron chi connectivity index (χ0n) is 6.13. The lowest BCUT2D eigenvalue weighted by Crippen LogP contribution is -2.37. The summed E-state index contributed by atoms with van der Waals surface area (Å²) in [6.07, 6.45) is 1.58. The van der Waals surface area contributed by atoms with Crippen LogP contribution < -0.4 is 5.32 Å². The third-order valence-corrected chi connectivity index (χ3v) is 1.85. The molecular formula is C7H13NO2. The molecule has 1 amide bonds. The highest BCUT2D eigenvalue weighted by molar-refractivity contribution is 5.72. The molecule has 0 radical (unpaired) electrons. The van der Waals surface area contributed by atoms with Crippen LogP contribution in [0.2, 0.25) is 0 Å². The minimum atomic E-state index is -0.112. The summed E-state index contributed by atoms with van der Waals surface area (Å²) in [5.41, 5.74) is 0. The largest absolute Gasteiger partial charge is 0.393 e. The second-order valence-corrected chi connectivity index (χ2v) is 2.93. The molecule has 0 unspecified atom stereocenters. The molecule has 0 bridgehead atoms. The number of aliphatic hydroxyl groups excluding tert-OH is 1. The fourth-order valence-electron chi connectivity index (χ4n) is 1.16. The predicted octanol–water partition coefficient (Wildman–Crippen LogP) is -0.107. The highest BCUT2D eigenvalue weighted by atomic mass is 16.3. The lowest BCUT2D eigenvalue weighted by Gasteiger charge is -2.31. The molecule has 1 saturated carbocycles. The van der Waals surface area contributed by atoms with Crippen LogP contribution in [-0.2, 0) is 4.79 Å². The maximum absolute atomic E-state index is 10.4. The van der Waals surface area contributed by atoms with E-state index in [1.165, 1.54) is 6.92 Å². The van der Waals surface area contributed by atoms with E-state index in [2.05, 4.69) is 5.32 Å². The topological polar surface area (TPSA) is 49.3 Å². The summed E-state index contributed by atoms with van der Waals surface area (Å²) in [6, 6.07) is 0. The molecule has 58 valence electrons. The molecule has 2 N–H and O–H groups in total. The number of nitrogens with one attached hydrogen (secondary N) is 1. The highest BCUT2D eigenvalue weighted by Gasteiger charge is 2.26. The number of amides is 1. The lowest BCUT2D eigenvalue weighted by atomic mass is 9.82. The van der Waals surface area contributed by atoms with E-state index < -0.39 is 0 Å². The maximum Gasteiger partial charge on any atom is 0.216 e. The van der Waals surface area contributed by atoms with Gasteiger partial charge in [-0.2, -0.15) is 0 Å². The standard InChI is InChI=1S/C7H13NO2/c1-5(9)8-4-6-2-7(10)3-6/h6-7,10H,2-4H2,1H3,(H,8,9). The van der Waals surface area contributed by atoms with Gasteiger partial charge in [0.05, 0.1) is 6.10 Å². The molecule has 3 heteroatoms. The molecule has 1 rings (SSSR count). The zero-order chi connectivity index (χ0) is 7.56. The van der Waals surface area contributed by atoms with Gasteiger partial charge in [-0.1, -0.05) is 0 Å². The highest BCUT2D eigenvalue weighted by Crippen LogP contribution is 2.25. The first kappa shape index (κ1) is 7.54. The molecule has 1 aliphatic rings. The first-order valence-electron chi connectivity index (χ1n) is 3.61. The van der Waals surface area contributed by atoms with E-state index in [4.69, 9.17) is 5.11 Å². The van der Waals surface area contributed by atoms with Crippen LogP contribution in [0.4, 0.5) is 0 Å². The van der Waals surface area contributed by atoms with Gasteiger partial charge in [-0.3, -0.25) is 4.79 Å². The average Bonchev–Trinajstić information content (AvgIpc) is 1.77. The number of carbonyl (C=O) groups excluding carboxylic acids is 1. The Balaban J connectivity index is 2.00. The Hall–Kier alpha value is -0.570. The van der Waals surface area contributed by atoms with Crippen LogP contribution in [0.3, 0.4) is 0 Å². The molecule has 0 aromatic heterocycles. The van der Waals surface area contributed by atoms with Crippen LogP contribution in [0, 0.1) is 5.92 Å². The minimum Gasteiger partial charge on any atom is -0.393 e. The van der Waals surface area contributed by atoms with Gasteiger partial charge in [-0.15, -0.1) is 0 Å². The van der Waals surface area contributed by atoms with Crippen molar-refractivity contribution in [3.63, 3.8) is 0 Å². The Bertz CT molecular complexity index is 130. The van der Waals surface area contributed by atoms with Crippen LogP contribution in [0.5, 0.6) is 0 Å². The van der Waals surface area contributed by atoms with E-state index in [0.29, 0.717) is 5.92 Å². The summed E-state index contributed by atoms with van der Waals surface area (Å²) in [7, 11) is 0. The molecule has 0 atom stereocenters. The van der Waals surface area contributed by atoms with E-state index in [1.54, 1.807) is 0 Å². The second kappa shape index (κ2) is 3.01. The van der Waals surface area contributed by atoms with Crippen molar-refractivity contribution in [1.29, 1.82) is 0 Å². The molecule has 1 fully saturated rings. The third-order valence-electron chi connectivity index (χ3n) is 1.85. The van der Waals surface area contributed by atoms with Gasteiger partial charge in [-0.25, -0.2) is 0 Å². The van der Waals surface area contributed by atoms with Gasteiger partial charge >= 0.3 is 0 Å². The number of rotatable bonds is 2. The summed E-state index contributed by atoms with van der Waals surface area (Å²) >= 11 is 0. The summed E-state index contributed by atoms with van der Waals surface area (Å²) in [5, 5.41) is 11.6. The van der Waals surface area contributed by atoms with Crippen LogP contribution in [-0.4, -0.2) is 23.7 Å². The van der Waals surface area contributed by atoms with Crippen LogP contribution in [0.1, 0.15) is 19.8 Å². The van der Waals surface area contributed by atoms with Crippen molar-refractivity contribution in [3.8, 4) is 0 Å². The molecule has 0 aliphatic heterocycles. The van der Waals surface area contributed by atoms with Gasteiger partial charge in [0.25, 0.3) is 0 Å². The van der Waals surface area contributed by atoms with Gasteiger partial charge < -0.3 is 10.4 Å². The number of aliphatic hydroxyl groups is 1. The molecule has 0 spiro atoms. The Morgan fingerprint density at radius 1 is 1.70 bits per heavy atom. The van der Waals surface area contributed by atoms with Gasteiger partial charge in [0, 0.05) is 13.5 Å². The molecule has 0 saturated heterocycles. The monoisotopic (exact) mass is 143 g/mol. The van der Waals surface area contributed by atoms with Crippen molar-refractivity contribution in [1.82, 2.24) is 5.32 Å². The Morgan fingerprint density at radius 3 is 2.70 bits per heavy atom. The fourth-order valence-corrected chi connectivity index (χ4v) is 1.16. The molecule has 0 aromatic rings. The average molecular weight is 143 g/mol. The molecule has 10 heavy (non-hydrogen) atoms. The molecule has 3 nitrogen and oxygen atoms in total. The van der Waals surface area contributed by atoms with Crippen LogP contribution >= 0.6 is 0 Å². The van der Waals surface area contributed by atoms with Crippen molar-refractivity contribution < 1.29 is 9.90 Å². The first-order valence-corrected chi connectivity index (χ1v) is 3.61. The smallest absolute Gasteiger partial charge is 0.216 e. The van der Waals surface area contributed by atoms with Crippen molar-refractivity contribution in [2.75, 3.05) is 6.54 Å². The summed E-state index contributed by atoms with van der Waals surface area (Å²) < 4.78 is 0. The number of carbonyl (C=O) groups is 1. The summed E-state index contributed by atoms with van der Waals surface area (Å²) in [5.74, 6) is 0.528. The maximum atomic E-state index is 10.4. The quantitative estimate of drug-likeness (QED) is 0.566. The normalized spacial score (nSPS) is 31.0. The Labute approximate surface area is 60.4 Å². The molecular weight excluding hydrogens is 130 g/mol. The van der Waals surface area contributed by atoms with Crippen molar-refractivity contribution in [3.05, 3.63) is 0 Å². The molecule has 1 aliphatic carbocycles. The number of hydrogen-bond donors (Lipinski definition) is 2. The zero-order valence-corrected chi connectivity index (χ0v) is 6.13.